The second-order valence-electron chi connectivity index (χ2n) is 5.79. The lowest BCUT2D eigenvalue weighted by Gasteiger charge is -2.07. The number of nitrogens with zero attached hydrogens (tertiary/aromatic N) is 2. The molecule has 28 heavy (non-hydrogen) atoms. The van der Waals surface area contributed by atoms with Crippen molar-refractivity contribution in [3.05, 3.63) is 53.9 Å². The number of carbonyl (C=O) groups is 1. The van der Waals surface area contributed by atoms with Gasteiger partial charge >= 0.3 is 5.97 Å². The molecule has 0 unspecified atom stereocenters. The number of carbonyl (C=O) groups excluding carboxylic acids is 1. The van der Waals surface area contributed by atoms with Crippen LogP contribution >= 0.6 is 11.8 Å². The third-order valence-corrected chi connectivity index (χ3v) is 5.06. The van der Waals surface area contributed by atoms with Crippen molar-refractivity contribution in [3.8, 4) is 22.9 Å². The summed E-state index contributed by atoms with van der Waals surface area (Å²) in [6, 6.07) is 13.2. The number of hydrogen-bond donors (Lipinski definition) is 0. The zero-order chi connectivity index (χ0) is 19.9. The number of methoxy groups -OCH3 is 2. The maximum Gasteiger partial charge on any atom is 0.316 e. The molecule has 1 aromatic heterocycles. The Hall–Kier alpha value is -3.00. The van der Waals surface area contributed by atoms with Crippen LogP contribution < -0.4 is 9.47 Å². The van der Waals surface area contributed by atoms with Gasteiger partial charge in [0, 0.05) is 11.0 Å². The molecule has 0 spiro atoms. The molecule has 3 rings (SSSR count). The summed E-state index contributed by atoms with van der Waals surface area (Å²) in [6.45, 7) is 1.92. The van der Waals surface area contributed by atoms with Crippen LogP contribution in [0.3, 0.4) is 0 Å². The normalized spacial score (nSPS) is 10.5. The lowest BCUT2D eigenvalue weighted by Crippen LogP contribution is -2.07. The first kappa shape index (κ1) is 19.8. The fraction of sp³-hybridized carbons (Fsp3) is 0.250. The molecule has 0 saturated heterocycles. The minimum absolute atomic E-state index is 0.0847. The van der Waals surface area contributed by atoms with Crippen LogP contribution in [0.1, 0.15) is 11.5 Å². The molecule has 0 radical (unpaired) electrons. The molecule has 2 aromatic carbocycles. The van der Waals surface area contributed by atoms with Gasteiger partial charge in [-0.05, 0) is 30.7 Å². The van der Waals surface area contributed by atoms with Crippen LogP contribution in [0.4, 0.5) is 0 Å². The molecule has 0 saturated carbocycles. The minimum atomic E-state index is -0.352. The Labute approximate surface area is 167 Å². The minimum Gasteiger partial charge on any atom is -0.497 e. The van der Waals surface area contributed by atoms with Crippen molar-refractivity contribution in [3.63, 3.8) is 0 Å². The SMILES string of the molecule is COc1ccc(-c2noc(COC(=O)CSc3ccccc3C)n2)c(OC)c1. The van der Waals surface area contributed by atoms with Crippen molar-refractivity contribution < 1.29 is 23.5 Å². The van der Waals surface area contributed by atoms with Gasteiger partial charge in [0.05, 0.1) is 25.5 Å². The summed E-state index contributed by atoms with van der Waals surface area (Å²) < 4.78 is 20.9. The average Bonchev–Trinajstić information content (AvgIpc) is 3.20. The topological polar surface area (TPSA) is 83.7 Å². The molecule has 3 aromatic rings. The molecule has 0 aliphatic rings. The standard InChI is InChI=1S/C20H20N2O5S/c1-13-6-4-5-7-17(13)28-12-19(23)26-11-18-21-20(22-27-18)15-9-8-14(24-2)10-16(15)25-3/h4-10H,11-12H2,1-3H3. The number of benzene rings is 2. The Kier molecular flexibility index (Phi) is 6.54. The molecular weight excluding hydrogens is 380 g/mol. The van der Waals surface area contributed by atoms with Gasteiger partial charge in [-0.15, -0.1) is 11.8 Å². The molecule has 146 valence electrons. The first-order valence-electron chi connectivity index (χ1n) is 8.49. The van der Waals surface area contributed by atoms with E-state index in [-0.39, 0.29) is 24.2 Å². The first-order chi connectivity index (χ1) is 13.6. The summed E-state index contributed by atoms with van der Waals surface area (Å²) in [4.78, 5) is 17.3. The highest BCUT2D eigenvalue weighted by molar-refractivity contribution is 8.00. The van der Waals surface area contributed by atoms with Gasteiger partial charge in [-0.2, -0.15) is 4.98 Å². The fourth-order valence-electron chi connectivity index (χ4n) is 2.45. The van der Waals surface area contributed by atoms with Crippen molar-refractivity contribution in [2.24, 2.45) is 0 Å². The van der Waals surface area contributed by atoms with Gasteiger partial charge < -0.3 is 18.7 Å². The van der Waals surface area contributed by atoms with Crippen LogP contribution in [-0.2, 0) is 16.1 Å². The lowest BCUT2D eigenvalue weighted by molar-refractivity contribution is -0.142. The fourth-order valence-corrected chi connectivity index (χ4v) is 3.27. The van der Waals surface area contributed by atoms with Gasteiger partial charge in [-0.1, -0.05) is 23.4 Å². The molecule has 0 bridgehead atoms. The average molecular weight is 400 g/mol. The summed E-state index contributed by atoms with van der Waals surface area (Å²) in [5.41, 5.74) is 1.77. The van der Waals surface area contributed by atoms with Crippen LogP contribution in [0, 0.1) is 6.92 Å². The third kappa shape index (κ3) is 4.83. The highest BCUT2D eigenvalue weighted by atomic mass is 32.2. The summed E-state index contributed by atoms with van der Waals surface area (Å²) in [7, 11) is 3.12. The monoisotopic (exact) mass is 400 g/mol. The number of aromatic nitrogens is 2. The van der Waals surface area contributed by atoms with Crippen molar-refractivity contribution in [1.29, 1.82) is 0 Å². The van der Waals surface area contributed by atoms with Gasteiger partial charge in [0.2, 0.25) is 5.82 Å². The van der Waals surface area contributed by atoms with E-state index >= 15 is 0 Å². The number of aryl methyl sites for hydroxylation is 1. The molecule has 0 amide bonds. The Morgan fingerprint density at radius 3 is 2.71 bits per heavy atom. The van der Waals surface area contributed by atoms with Crippen molar-refractivity contribution >= 4 is 17.7 Å². The van der Waals surface area contributed by atoms with E-state index < -0.39 is 0 Å². The first-order valence-corrected chi connectivity index (χ1v) is 9.48. The number of thioether (sulfide) groups is 1. The van der Waals surface area contributed by atoms with Crippen LogP contribution in [0.25, 0.3) is 11.4 Å². The maximum atomic E-state index is 12.0. The summed E-state index contributed by atoms with van der Waals surface area (Å²) in [6.07, 6.45) is 0. The van der Waals surface area contributed by atoms with Gasteiger partial charge in [0.1, 0.15) is 11.5 Å². The third-order valence-electron chi connectivity index (χ3n) is 3.91. The van der Waals surface area contributed by atoms with E-state index in [0.29, 0.717) is 22.9 Å². The van der Waals surface area contributed by atoms with E-state index in [0.717, 1.165) is 10.5 Å². The number of ether oxygens (including phenoxy) is 3. The van der Waals surface area contributed by atoms with Gasteiger partial charge in [0.15, 0.2) is 6.61 Å². The number of rotatable bonds is 8. The zero-order valence-electron chi connectivity index (χ0n) is 15.8. The Morgan fingerprint density at radius 2 is 1.96 bits per heavy atom. The van der Waals surface area contributed by atoms with Crippen molar-refractivity contribution in [1.82, 2.24) is 10.1 Å². The van der Waals surface area contributed by atoms with E-state index in [1.807, 2.05) is 31.2 Å². The predicted molar refractivity (Wildman–Crippen MR) is 105 cm³/mol. The van der Waals surface area contributed by atoms with E-state index in [2.05, 4.69) is 10.1 Å². The molecule has 7 nitrogen and oxygen atoms in total. The van der Waals surface area contributed by atoms with E-state index in [1.54, 1.807) is 32.4 Å². The summed E-state index contributed by atoms with van der Waals surface area (Å²) in [5.74, 6) is 1.62. The molecular formula is C20H20N2O5S. The largest absolute Gasteiger partial charge is 0.497 e. The van der Waals surface area contributed by atoms with Gasteiger partial charge in [-0.25, -0.2) is 0 Å². The Bertz CT molecular complexity index is 957. The van der Waals surface area contributed by atoms with Crippen LogP contribution in [-0.4, -0.2) is 36.1 Å². The van der Waals surface area contributed by atoms with Crippen molar-refractivity contribution in [2.45, 2.75) is 18.4 Å². The second-order valence-corrected chi connectivity index (χ2v) is 6.81. The lowest BCUT2D eigenvalue weighted by atomic mass is 10.2. The predicted octanol–water partition coefficient (Wildman–Crippen LogP) is 3.90. The van der Waals surface area contributed by atoms with E-state index in [4.69, 9.17) is 18.7 Å². The quantitative estimate of drug-likeness (QED) is 0.416. The maximum absolute atomic E-state index is 12.0. The molecule has 8 heteroatoms. The molecule has 0 aliphatic heterocycles. The molecule has 1 heterocycles. The van der Waals surface area contributed by atoms with Gasteiger partial charge in [0.25, 0.3) is 5.89 Å². The number of hydrogen-bond acceptors (Lipinski definition) is 8. The van der Waals surface area contributed by atoms with Crippen LogP contribution in [0.5, 0.6) is 11.5 Å². The molecule has 0 fully saturated rings. The van der Waals surface area contributed by atoms with Crippen LogP contribution in [0.15, 0.2) is 51.9 Å². The smallest absolute Gasteiger partial charge is 0.316 e. The van der Waals surface area contributed by atoms with E-state index in [9.17, 15) is 4.79 Å². The molecule has 0 aliphatic carbocycles. The highest BCUT2D eigenvalue weighted by Crippen LogP contribution is 2.31. The Morgan fingerprint density at radius 1 is 1.14 bits per heavy atom. The van der Waals surface area contributed by atoms with Crippen molar-refractivity contribution in [2.75, 3.05) is 20.0 Å². The second kappa shape index (κ2) is 9.27. The molecule has 0 atom stereocenters. The molecule has 0 N–H and O–H groups in total. The zero-order valence-corrected chi connectivity index (χ0v) is 16.6. The van der Waals surface area contributed by atoms with Gasteiger partial charge in [-0.3, -0.25) is 4.79 Å². The highest BCUT2D eigenvalue weighted by Gasteiger charge is 2.15. The van der Waals surface area contributed by atoms with Crippen LogP contribution in [0.2, 0.25) is 0 Å². The van der Waals surface area contributed by atoms with E-state index in [1.165, 1.54) is 11.8 Å². The number of esters is 1. The Balaban J connectivity index is 1.58. The summed E-state index contributed by atoms with van der Waals surface area (Å²) >= 11 is 1.43. The summed E-state index contributed by atoms with van der Waals surface area (Å²) in [5, 5.41) is 3.93.